The number of nitrogens with zero attached hydrogens (tertiary/aromatic N) is 1. The van der Waals surface area contributed by atoms with Gasteiger partial charge in [-0.2, -0.15) is 4.99 Å². The van der Waals surface area contributed by atoms with Crippen LogP contribution in [0.4, 0.5) is 0 Å². The number of rotatable bonds is 4. The molecule has 0 spiro atoms. The summed E-state index contributed by atoms with van der Waals surface area (Å²) < 4.78 is 5.77. The quantitative estimate of drug-likeness (QED) is 0.856. The van der Waals surface area contributed by atoms with Gasteiger partial charge in [-0.3, -0.25) is 4.79 Å². The minimum Gasteiger partial charge on any atom is -0.489 e. The summed E-state index contributed by atoms with van der Waals surface area (Å²) in [4.78, 5) is 15.8. The first kappa shape index (κ1) is 15.6. The van der Waals surface area contributed by atoms with Crippen molar-refractivity contribution in [1.29, 1.82) is 0 Å². The maximum absolute atomic E-state index is 11.6. The number of ether oxygens (including phenoxy) is 1. The van der Waals surface area contributed by atoms with Crippen molar-refractivity contribution >= 4 is 40.5 Å². The molecule has 1 heterocycles. The molecule has 116 valence electrons. The van der Waals surface area contributed by atoms with Crippen molar-refractivity contribution in [3.05, 3.63) is 69.6 Å². The number of carbonyl (C=O) groups is 1. The van der Waals surface area contributed by atoms with Crippen LogP contribution in [0.15, 0.2) is 58.4 Å². The lowest BCUT2D eigenvalue weighted by Crippen LogP contribution is -2.01. The monoisotopic (exact) mass is 344 g/mol. The molecule has 3 rings (SSSR count). The summed E-state index contributed by atoms with van der Waals surface area (Å²) in [6.07, 6.45) is 1.75. The fourth-order valence-corrected chi connectivity index (χ4v) is 2.92. The van der Waals surface area contributed by atoms with Gasteiger partial charge in [0.15, 0.2) is 5.17 Å². The smallest absolute Gasteiger partial charge is 0.286 e. The Morgan fingerprint density at radius 1 is 1.22 bits per heavy atom. The molecule has 0 aliphatic carbocycles. The van der Waals surface area contributed by atoms with E-state index in [1.54, 1.807) is 6.08 Å². The van der Waals surface area contributed by atoms with Crippen LogP contribution in [0.3, 0.4) is 0 Å². The molecule has 2 aromatic rings. The molecule has 0 saturated carbocycles. The van der Waals surface area contributed by atoms with Gasteiger partial charge in [0.25, 0.3) is 5.91 Å². The summed E-state index contributed by atoms with van der Waals surface area (Å²) >= 11 is 7.28. The standard InChI is InChI=1S/C17H13ClN2O2S/c18-14-7-2-1-5-12(14)10-22-13-6-3-4-11(8-13)9-15-16(21)20-17(19)23-15/h1-9H,10H2,(H2,19,20,21)/b15-9-. The number of amidine groups is 1. The summed E-state index contributed by atoms with van der Waals surface area (Å²) in [5.41, 5.74) is 7.31. The number of nitrogens with two attached hydrogens (primary N) is 1. The molecule has 0 unspecified atom stereocenters. The van der Waals surface area contributed by atoms with E-state index in [4.69, 9.17) is 22.1 Å². The number of thioether (sulfide) groups is 1. The first-order chi connectivity index (χ1) is 11.1. The van der Waals surface area contributed by atoms with Crippen molar-refractivity contribution < 1.29 is 9.53 Å². The second kappa shape index (κ2) is 6.89. The number of aliphatic imine (C=N–C) groups is 1. The largest absolute Gasteiger partial charge is 0.489 e. The molecule has 1 amide bonds. The molecular weight excluding hydrogens is 332 g/mol. The zero-order valence-electron chi connectivity index (χ0n) is 12.0. The lowest BCUT2D eigenvalue weighted by atomic mass is 10.2. The number of benzene rings is 2. The molecule has 0 radical (unpaired) electrons. The second-order valence-corrected chi connectivity index (χ2v) is 6.29. The highest BCUT2D eigenvalue weighted by Crippen LogP contribution is 2.27. The molecule has 1 aliphatic heterocycles. The predicted molar refractivity (Wildman–Crippen MR) is 94.4 cm³/mol. The van der Waals surface area contributed by atoms with Gasteiger partial charge in [0.1, 0.15) is 12.4 Å². The summed E-state index contributed by atoms with van der Waals surface area (Å²) in [6, 6.07) is 15.0. The third kappa shape index (κ3) is 3.94. The highest BCUT2D eigenvalue weighted by atomic mass is 35.5. The molecule has 4 nitrogen and oxygen atoms in total. The highest BCUT2D eigenvalue weighted by molar-refractivity contribution is 8.18. The Kier molecular flexibility index (Phi) is 4.69. The maximum Gasteiger partial charge on any atom is 0.286 e. The van der Waals surface area contributed by atoms with E-state index in [1.165, 1.54) is 11.8 Å². The lowest BCUT2D eigenvalue weighted by Gasteiger charge is -2.08. The number of hydrogen-bond acceptors (Lipinski definition) is 4. The Balaban J connectivity index is 1.72. The number of carbonyl (C=O) groups excluding carboxylic acids is 1. The van der Waals surface area contributed by atoms with Gasteiger partial charge in [0, 0.05) is 10.6 Å². The van der Waals surface area contributed by atoms with Crippen LogP contribution in [-0.2, 0) is 11.4 Å². The molecule has 0 fully saturated rings. The molecule has 0 bridgehead atoms. The Morgan fingerprint density at radius 3 is 2.78 bits per heavy atom. The molecule has 0 saturated heterocycles. The van der Waals surface area contributed by atoms with E-state index in [2.05, 4.69) is 4.99 Å². The molecular formula is C17H13ClN2O2S. The molecule has 2 aromatic carbocycles. The Morgan fingerprint density at radius 2 is 2.04 bits per heavy atom. The van der Waals surface area contributed by atoms with Gasteiger partial charge >= 0.3 is 0 Å². The van der Waals surface area contributed by atoms with Crippen LogP contribution in [0.5, 0.6) is 5.75 Å². The number of hydrogen-bond donors (Lipinski definition) is 1. The van der Waals surface area contributed by atoms with E-state index >= 15 is 0 Å². The molecule has 1 aliphatic rings. The maximum atomic E-state index is 11.6. The summed E-state index contributed by atoms with van der Waals surface area (Å²) in [5.74, 6) is 0.387. The van der Waals surface area contributed by atoms with Gasteiger partial charge in [-0.05, 0) is 41.6 Å². The normalized spacial score (nSPS) is 15.8. The first-order valence-electron chi connectivity index (χ1n) is 6.86. The van der Waals surface area contributed by atoms with Gasteiger partial charge in [0.2, 0.25) is 0 Å². The fourth-order valence-electron chi connectivity index (χ4n) is 2.05. The lowest BCUT2D eigenvalue weighted by molar-refractivity contribution is -0.113. The Hall–Kier alpha value is -2.24. The third-order valence-electron chi connectivity index (χ3n) is 3.15. The zero-order valence-corrected chi connectivity index (χ0v) is 13.6. The summed E-state index contributed by atoms with van der Waals surface area (Å²) in [5, 5.41) is 0.943. The van der Waals surface area contributed by atoms with Gasteiger partial charge in [-0.15, -0.1) is 0 Å². The van der Waals surface area contributed by atoms with Crippen LogP contribution < -0.4 is 10.5 Å². The Labute approximate surface area is 143 Å². The second-order valence-electron chi connectivity index (χ2n) is 4.82. The van der Waals surface area contributed by atoms with E-state index < -0.39 is 0 Å². The van der Waals surface area contributed by atoms with E-state index in [-0.39, 0.29) is 11.1 Å². The van der Waals surface area contributed by atoms with Gasteiger partial charge in [0.05, 0.1) is 4.91 Å². The molecule has 0 atom stereocenters. The third-order valence-corrected chi connectivity index (χ3v) is 4.33. The van der Waals surface area contributed by atoms with E-state index in [1.807, 2.05) is 48.5 Å². The molecule has 6 heteroatoms. The van der Waals surface area contributed by atoms with Crippen LogP contribution >= 0.6 is 23.4 Å². The Bertz CT molecular complexity index is 818. The zero-order chi connectivity index (χ0) is 16.2. The van der Waals surface area contributed by atoms with E-state index in [9.17, 15) is 4.79 Å². The average molecular weight is 345 g/mol. The van der Waals surface area contributed by atoms with Crippen molar-refractivity contribution in [1.82, 2.24) is 0 Å². The number of amides is 1. The van der Waals surface area contributed by atoms with Crippen LogP contribution in [0.25, 0.3) is 6.08 Å². The highest BCUT2D eigenvalue weighted by Gasteiger charge is 2.19. The molecule has 0 aromatic heterocycles. The minimum absolute atomic E-state index is 0.271. The van der Waals surface area contributed by atoms with E-state index in [0.717, 1.165) is 11.1 Å². The van der Waals surface area contributed by atoms with Gasteiger partial charge in [-0.25, -0.2) is 0 Å². The summed E-state index contributed by atoms with van der Waals surface area (Å²) in [7, 11) is 0. The first-order valence-corrected chi connectivity index (χ1v) is 8.05. The van der Waals surface area contributed by atoms with Crippen LogP contribution in [0.1, 0.15) is 11.1 Å². The number of halogens is 1. The topological polar surface area (TPSA) is 64.7 Å². The predicted octanol–water partition coefficient (Wildman–Crippen LogP) is 3.85. The van der Waals surface area contributed by atoms with Gasteiger partial charge < -0.3 is 10.5 Å². The van der Waals surface area contributed by atoms with Crippen molar-refractivity contribution in [2.75, 3.05) is 0 Å². The van der Waals surface area contributed by atoms with Crippen molar-refractivity contribution in [3.63, 3.8) is 0 Å². The molecule has 2 N–H and O–H groups in total. The van der Waals surface area contributed by atoms with Crippen molar-refractivity contribution in [2.45, 2.75) is 6.61 Å². The van der Waals surface area contributed by atoms with E-state index in [0.29, 0.717) is 22.3 Å². The minimum atomic E-state index is -0.310. The van der Waals surface area contributed by atoms with Gasteiger partial charge in [-0.1, -0.05) is 41.9 Å². The van der Waals surface area contributed by atoms with Crippen LogP contribution in [0.2, 0.25) is 5.02 Å². The summed E-state index contributed by atoms with van der Waals surface area (Å²) in [6.45, 7) is 0.378. The fraction of sp³-hybridized carbons (Fsp3) is 0.0588. The SMILES string of the molecule is NC1=NC(=O)/C(=C/c2cccc(OCc3ccccc3Cl)c2)S1. The van der Waals surface area contributed by atoms with Crippen LogP contribution in [0, 0.1) is 0 Å². The average Bonchev–Trinajstić information content (AvgIpc) is 2.84. The van der Waals surface area contributed by atoms with Crippen molar-refractivity contribution in [2.24, 2.45) is 10.7 Å². The van der Waals surface area contributed by atoms with Crippen molar-refractivity contribution in [3.8, 4) is 5.75 Å². The molecule has 23 heavy (non-hydrogen) atoms. The van der Waals surface area contributed by atoms with Crippen LogP contribution in [-0.4, -0.2) is 11.1 Å².